The van der Waals surface area contributed by atoms with Crippen LogP contribution in [-0.4, -0.2) is 23.2 Å². The van der Waals surface area contributed by atoms with E-state index in [0.717, 1.165) is 22.4 Å². The molecule has 1 aromatic heterocycles. The Hall–Kier alpha value is -0.610. The van der Waals surface area contributed by atoms with Crippen LogP contribution < -0.4 is 5.32 Å². The lowest BCUT2D eigenvalue weighted by Gasteiger charge is -2.22. The molecule has 0 aliphatic carbocycles. The van der Waals surface area contributed by atoms with Crippen LogP contribution in [0.25, 0.3) is 0 Å². The maximum atomic E-state index is 9.11. The highest BCUT2D eigenvalue weighted by atomic mass is 79.9. The molecule has 0 fully saturated rings. The van der Waals surface area contributed by atoms with Crippen LogP contribution in [0.3, 0.4) is 0 Å². The van der Waals surface area contributed by atoms with Gasteiger partial charge in [-0.15, -0.1) is 0 Å². The highest BCUT2D eigenvalue weighted by molar-refractivity contribution is 9.10. The molecule has 0 aliphatic heterocycles. The number of nitrogens with one attached hydrogen (secondary N) is 1. The van der Waals surface area contributed by atoms with Crippen molar-refractivity contribution in [3.05, 3.63) is 22.4 Å². The number of hydrogen-bond acceptors (Lipinski definition) is 3. The van der Waals surface area contributed by atoms with Crippen molar-refractivity contribution in [2.24, 2.45) is 5.41 Å². The second-order valence-corrected chi connectivity index (χ2v) is 5.26. The highest BCUT2D eigenvalue weighted by Gasteiger charge is 2.15. The molecule has 0 unspecified atom stereocenters. The van der Waals surface area contributed by atoms with E-state index in [0.29, 0.717) is 0 Å². The molecule has 0 atom stereocenters. The minimum absolute atomic E-state index is 0.110. The number of rotatable bonds is 4. The molecule has 0 saturated carbocycles. The van der Waals surface area contributed by atoms with Gasteiger partial charge in [-0.1, -0.05) is 13.8 Å². The molecule has 1 aromatic rings. The average molecular weight is 273 g/mol. The molecule has 0 amide bonds. The molecule has 84 valence electrons. The maximum Gasteiger partial charge on any atom is 0.109 e. The molecule has 1 heterocycles. The zero-order valence-corrected chi connectivity index (χ0v) is 10.9. The van der Waals surface area contributed by atoms with Gasteiger partial charge in [-0.25, -0.2) is 4.98 Å². The monoisotopic (exact) mass is 272 g/mol. The zero-order chi connectivity index (χ0) is 11.5. The van der Waals surface area contributed by atoms with E-state index in [-0.39, 0.29) is 12.0 Å². The summed E-state index contributed by atoms with van der Waals surface area (Å²) >= 11 is 3.35. The topological polar surface area (TPSA) is 45.1 Å². The molecular weight excluding hydrogens is 256 g/mol. The number of aromatic nitrogens is 1. The van der Waals surface area contributed by atoms with Gasteiger partial charge in [0, 0.05) is 18.6 Å². The predicted molar refractivity (Wildman–Crippen MR) is 66.0 cm³/mol. The van der Waals surface area contributed by atoms with Crippen LogP contribution >= 0.6 is 15.9 Å². The fourth-order valence-corrected chi connectivity index (χ4v) is 1.27. The highest BCUT2D eigenvalue weighted by Crippen LogP contribution is 2.19. The summed E-state index contributed by atoms with van der Waals surface area (Å²) in [5.74, 6) is 0. The molecule has 0 spiro atoms. The Kier molecular flexibility index (Phi) is 4.11. The summed E-state index contributed by atoms with van der Waals surface area (Å²) in [6, 6.07) is 2.03. The Bertz CT molecular complexity index is 339. The summed E-state index contributed by atoms with van der Waals surface area (Å²) in [7, 11) is 0. The van der Waals surface area contributed by atoms with E-state index in [1.54, 1.807) is 6.20 Å². The number of anilines is 1. The number of aliphatic hydroxyl groups is 1. The van der Waals surface area contributed by atoms with Crippen molar-refractivity contribution < 1.29 is 5.11 Å². The Morgan fingerprint density at radius 1 is 1.53 bits per heavy atom. The first kappa shape index (κ1) is 12.5. The van der Waals surface area contributed by atoms with E-state index >= 15 is 0 Å². The molecule has 0 bridgehead atoms. The first-order valence-corrected chi connectivity index (χ1v) is 5.71. The van der Waals surface area contributed by atoms with Crippen molar-refractivity contribution in [3.8, 4) is 0 Å². The molecule has 0 saturated heterocycles. The van der Waals surface area contributed by atoms with Crippen LogP contribution in [0.15, 0.2) is 16.9 Å². The van der Waals surface area contributed by atoms with Gasteiger partial charge < -0.3 is 10.4 Å². The molecule has 1 rings (SSSR count). The van der Waals surface area contributed by atoms with Gasteiger partial charge in [-0.3, -0.25) is 0 Å². The third kappa shape index (κ3) is 3.80. The van der Waals surface area contributed by atoms with Crippen molar-refractivity contribution in [1.82, 2.24) is 4.98 Å². The van der Waals surface area contributed by atoms with E-state index in [9.17, 15) is 0 Å². The first-order chi connectivity index (χ1) is 6.94. The summed E-state index contributed by atoms with van der Waals surface area (Å²) in [6.45, 7) is 6.92. The van der Waals surface area contributed by atoms with Crippen molar-refractivity contribution in [2.75, 3.05) is 18.5 Å². The van der Waals surface area contributed by atoms with E-state index < -0.39 is 0 Å². The number of hydrogen-bond donors (Lipinski definition) is 2. The van der Waals surface area contributed by atoms with Gasteiger partial charge in [0.2, 0.25) is 0 Å². The average Bonchev–Trinajstić information content (AvgIpc) is 2.20. The summed E-state index contributed by atoms with van der Waals surface area (Å²) in [4.78, 5) is 4.20. The maximum absolute atomic E-state index is 9.11. The number of pyridine rings is 1. The molecule has 2 N–H and O–H groups in total. The van der Waals surface area contributed by atoms with Gasteiger partial charge in [0.05, 0.1) is 11.9 Å². The minimum Gasteiger partial charge on any atom is -0.396 e. The van der Waals surface area contributed by atoms with Gasteiger partial charge in [0.15, 0.2) is 0 Å². The van der Waals surface area contributed by atoms with E-state index in [2.05, 4.69) is 26.2 Å². The van der Waals surface area contributed by atoms with Crippen LogP contribution in [0.5, 0.6) is 0 Å². The molecule has 0 aliphatic rings. The quantitative estimate of drug-likeness (QED) is 0.829. The lowest BCUT2D eigenvalue weighted by Crippen LogP contribution is -2.26. The van der Waals surface area contributed by atoms with E-state index in [1.807, 2.05) is 26.8 Å². The first-order valence-electron chi connectivity index (χ1n) is 4.91. The fraction of sp³-hybridized carbons (Fsp3) is 0.545. The van der Waals surface area contributed by atoms with E-state index in [4.69, 9.17) is 5.11 Å². The molecule has 0 radical (unpaired) electrons. The molecule has 15 heavy (non-hydrogen) atoms. The minimum atomic E-state index is -0.110. The smallest absolute Gasteiger partial charge is 0.109 e. The number of halogens is 1. The summed E-state index contributed by atoms with van der Waals surface area (Å²) < 4.78 is 0.870. The summed E-state index contributed by atoms with van der Waals surface area (Å²) in [6.07, 6.45) is 1.78. The van der Waals surface area contributed by atoms with Crippen molar-refractivity contribution in [2.45, 2.75) is 20.8 Å². The molecule has 3 nitrogen and oxygen atoms in total. The Morgan fingerprint density at radius 3 is 2.73 bits per heavy atom. The van der Waals surface area contributed by atoms with Crippen LogP contribution in [-0.2, 0) is 0 Å². The molecular formula is C11H17BrN2O. The lowest BCUT2D eigenvalue weighted by atomic mass is 9.95. The Labute approximate surface area is 99.1 Å². The van der Waals surface area contributed by atoms with Crippen molar-refractivity contribution in [3.63, 3.8) is 0 Å². The van der Waals surface area contributed by atoms with Crippen LogP contribution in [0.4, 0.5) is 5.69 Å². The van der Waals surface area contributed by atoms with Gasteiger partial charge >= 0.3 is 0 Å². The van der Waals surface area contributed by atoms with Gasteiger partial charge in [-0.2, -0.15) is 0 Å². The Balaban J connectivity index is 2.62. The number of nitrogens with zero attached hydrogens (tertiary/aromatic N) is 1. The SMILES string of the molecule is Cc1cc(NCC(C)(C)CO)cnc1Br. The fourth-order valence-electron chi connectivity index (χ4n) is 1.05. The normalized spacial score (nSPS) is 11.5. The van der Waals surface area contributed by atoms with Gasteiger partial charge in [0.25, 0.3) is 0 Å². The van der Waals surface area contributed by atoms with Crippen LogP contribution in [0.2, 0.25) is 0 Å². The number of aliphatic hydroxyl groups excluding tert-OH is 1. The third-order valence-electron chi connectivity index (χ3n) is 2.21. The third-order valence-corrected chi connectivity index (χ3v) is 3.04. The number of aryl methyl sites for hydroxylation is 1. The second kappa shape index (κ2) is 4.94. The predicted octanol–water partition coefficient (Wildman–Crippen LogP) is 2.58. The van der Waals surface area contributed by atoms with Gasteiger partial charge in [0.1, 0.15) is 4.60 Å². The van der Waals surface area contributed by atoms with E-state index in [1.165, 1.54) is 0 Å². The summed E-state index contributed by atoms with van der Waals surface area (Å²) in [5, 5.41) is 12.4. The second-order valence-electron chi connectivity index (χ2n) is 4.51. The Morgan fingerprint density at radius 2 is 2.20 bits per heavy atom. The van der Waals surface area contributed by atoms with Gasteiger partial charge in [-0.05, 0) is 34.5 Å². The zero-order valence-electron chi connectivity index (χ0n) is 9.34. The van der Waals surface area contributed by atoms with Crippen molar-refractivity contribution >= 4 is 21.6 Å². The standard InChI is InChI=1S/C11H17BrN2O/c1-8-4-9(5-13-10(8)12)14-6-11(2,3)7-15/h4-5,14-15H,6-7H2,1-3H3. The molecule has 4 heteroatoms. The summed E-state index contributed by atoms with van der Waals surface area (Å²) in [5.41, 5.74) is 1.97. The largest absolute Gasteiger partial charge is 0.396 e. The van der Waals surface area contributed by atoms with Crippen LogP contribution in [0, 0.1) is 12.3 Å². The lowest BCUT2D eigenvalue weighted by molar-refractivity contribution is 0.171. The molecule has 0 aromatic carbocycles. The van der Waals surface area contributed by atoms with Crippen molar-refractivity contribution in [1.29, 1.82) is 0 Å². The van der Waals surface area contributed by atoms with Crippen LogP contribution in [0.1, 0.15) is 19.4 Å².